The highest BCUT2D eigenvalue weighted by atomic mass is 35.5. The van der Waals surface area contributed by atoms with Gasteiger partial charge in [0.05, 0.1) is 13.7 Å². The van der Waals surface area contributed by atoms with Crippen LogP contribution in [0.4, 0.5) is 0 Å². The van der Waals surface area contributed by atoms with E-state index in [1.54, 1.807) is 18.2 Å². The van der Waals surface area contributed by atoms with Gasteiger partial charge >= 0.3 is 5.97 Å². The second-order valence-corrected chi connectivity index (χ2v) is 7.75. The van der Waals surface area contributed by atoms with Crippen LogP contribution in [-0.4, -0.2) is 32.1 Å². The summed E-state index contributed by atoms with van der Waals surface area (Å²) < 4.78 is 16.4. The summed E-state index contributed by atoms with van der Waals surface area (Å²) in [5, 5.41) is 12.5. The largest absolute Gasteiger partial charge is 0.494 e. The number of methoxy groups -OCH3 is 1. The van der Waals surface area contributed by atoms with E-state index in [4.69, 9.17) is 25.8 Å². The molecule has 0 aliphatic rings. The number of benzene rings is 2. The van der Waals surface area contributed by atoms with Gasteiger partial charge in [0, 0.05) is 18.0 Å². The van der Waals surface area contributed by atoms with Gasteiger partial charge in [-0.05, 0) is 67.3 Å². The smallest absolute Gasteiger partial charge is 0.311 e. The molecule has 0 radical (unpaired) electrons. The van der Waals surface area contributed by atoms with Crippen LogP contribution in [0.3, 0.4) is 0 Å². The predicted molar refractivity (Wildman–Crippen MR) is 131 cm³/mol. The summed E-state index contributed by atoms with van der Waals surface area (Å²) in [5.74, 6) is 0.296. The van der Waals surface area contributed by atoms with Crippen LogP contribution >= 0.6 is 11.6 Å². The third kappa shape index (κ3) is 7.68. The van der Waals surface area contributed by atoms with Crippen molar-refractivity contribution in [1.29, 1.82) is 5.26 Å². The van der Waals surface area contributed by atoms with Crippen LogP contribution in [0.2, 0.25) is 5.02 Å². The number of nitriles is 1. The molecule has 34 heavy (non-hydrogen) atoms. The van der Waals surface area contributed by atoms with E-state index in [0.717, 1.165) is 11.1 Å². The molecular formula is C26H27ClN2O5. The van der Waals surface area contributed by atoms with Crippen LogP contribution in [0.25, 0.3) is 6.08 Å². The minimum absolute atomic E-state index is 0.0697. The van der Waals surface area contributed by atoms with Crippen molar-refractivity contribution in [3.05, 3.63) is 70.3 Å². The Kier molecular flexibility index (Phi) is 10.2. The number of hydrogen-bond donors (Lipinski definition) is 1. The Labute approximate surface area is 204 Å². The molecule has 0 aliphatic carbocycles. The van der Waals surface area contributed by atoms with Crippen LogP contribution in [0.1, 0.15) is 29.5 Å². The highest BCUT2D eigenvalue weighted by molar-refractivity contribution is 6.32. The lowest BCUT2D eigenvalue weighted by atomic mass is 10.1. The maximum atomic E-state index is 12.3. The predicted octanol–water partition coefficient (Wildman–Crippen LogP) is 4.94. The van der Waals surface area contributed by atoms with Gasteiger partial charge in [-0.15, -0.1) is 6.58 Å². The Morgan fingerprint density at radius 1 is 1.18 bits per heavy atom. The van der Waals surface area contributed by atoms with Crippen LogP contribution in [0, 0.1) is 25.2 Å². The standard InChI is InChI=1S/C26H27ClN2O5/c1-5-10-29-26(31)20(16-28)14-19-8-9-22(23(15-19)32-4)34-24(30)7-6-11-33-21-12-17(2)25(27)18(3)13-21/h5,8-9,12-15H,1,6-7,10-11H2,2-4H3,(H,29,31)/b20-14+. The Morgan fingerprint density at radius 2 is 1.88 bits per heavy atom. The van der Waals surface area contributed by atoms with Crippen molar-refractivity contribution in [3.63, 3.8) is 0 Å². The van der Waals surface area contributed by atoms with Gasteiger partial charge in [-0.1, -0.05) is 23.7 Å². The van der Waals surface area contributed by atoms with Crippen molar-refractivity contribution in [2.75, 3.05) is 20.3 Å². The zero-order valence-electron chi connectivity index (χ0n) is 19.4. The monoisotopic (exact) mass is 482 g/mol. The van der Waals surface area contributed by atoms with E-state index in [9.17, 15) is 14.9 Å². The molecule has 1 amide bonds. The summed E-state index contributed by atoms with van der Waals surface area (Å²) in [6.45, 7) is 7.94. The number of nitrogens with one attached hydrogen (secondary N) is 1. The van der Waals surface area contributed by atoms with Crippen LogP contribution in [0.5, 0.6) is 17.2 Å². The lowest BCUT2D eigenvalue weighted by Gasteiger charge is -2.11. The lowest BCUT2D eigenvalue weighted by molar-refractivity contribution is -0.134. The second kappa shape index (κ2) is 13.1. The molecule has 2 rings (SSSR count). The molecule has 0 spiro atoms. The van der Waals surface area contributed by atoms with Crippen LogP contribution < -0.4 is 19.5 Å². The van der Waals surface area contributed by atoms with Crippen LogP contribution in [-0.2, 0) is 9.59 Å². The number of carbonyl (C=O) groups excluding carboxylic acids is 2. The van der Waals surface area contributed by atoms with E-state index in [-0.39, 0.29) is 24.3 Å². The normalized spacial score (nSPS) is 10.7. The molecule has 0 saturated carbocycles. The van der Waals surface area contributed by atoms with Gasteiger partial charge in [0.25, 0.3) is 5.91 Å². The van der Waals surface area contributed by atoms with Gasteiger partial charge in [-0.3, -0.25) is 9.59 Å². The molecule has 0 fully saturated rings. The molecule has 0 bridgehead atoms. The second-order valence-electron chi connectivity index (χ2n) is 7.38. The molecule has 0 aliphatic heterocycles. The van der Waals surface area contributed by atoms with E-state index in [1.165, 1.54) is 19.3 Å². The summed E-state index contributed by atoms with van der Waals surface area (Å²) in [7, 11) is 1.44. The quantitative estimate of drug-likeness (QED) is 0.122. The number of amides is 1. The molecule has 2 aromatic carbocycles. The Bertz CT molecular complexity index is 1110. The fourth-order valence-corrected chi connectivity index (χ4v) is 3.11. The summed E-state index contributed by atoms with van der Waals surface area (Å²) in [6, 6.07) is 10.3. The first-order valence-corrected chi connectivity index (χ1v) is 11.0. The van der Waals surface area contributed by atoms with Gasteiger partial charge in [0.15, 0.2) is 11.5 Å². The Morgan fingerprint density at radius 3 is 2.50 bits per heavy atom. The summed E-state index contributed by atoms with van der Waals surface area (Å²) in [6.07, 6.45) is 3.56. The molecule has 0 heterocycles. The molecule has 0 saturated heterocycles. The number of rotatable bonds is 11. The first-order valence-electron chi connectivity index (χ1n) is 10.6. The fourth-order valence-electron chi connectivity index (χ4n) is 3.00. The van der Waals surface area contributed by atoms with Gasteiger partial charge in [-0.25, -0.2) is 0 Å². The molecule has 0 unspecified atom stereocenters. The first kappa shape index (κ1) is 26.5. The number of nitrogens with zero attached hydrogens (tertiary/aromatic N) is 1. The maximum absolute atomic E-state index is 12.3. The van der Waals surface area contributed by atoms with Crippen molar-refractivity contribution >= 4 is 29.6 Å². The molecule has 2 aromatic rings. The lowest BCUT2D eigenvalue weighted by Crippen LogP contribution is -2.24. The average molecular weight is 483 g/mol. The zero-order valence-corrected chi connectivity index (χ0v) is 20.2. The number of halogens is 1. The van der Waals surface area contributed by atoms with E-state index in [1.807, 2.05) is 32.0 Å². The average Bonchev–Trinajstić information content (AvgIpc) is 2.82. The van der Waals surface area contributed by atoms with Crippen LogP contribution in [0.15, 0.2) is 48.6 Å². The number of carbonyl (C=O) groups is 2. The molecule has 0 aromatic heterocycles. The SMILES string of the molecule is C=CCNC(=O)/C(C#N)=C/c1ccc(OC(=O)CCCOc2cc(C)c(Cl)c(C)c2)c(OC)c1. The fraction of sp³-hybridized carbons (Fsp3) is 0.269. The topological polar surface area (TPSA) is 97.7 Å². The maximum Gasteiger partial charge on any atom is 0.311 e. The summed E-state index contributed by atoms with van der Waals surface area (Å²) in [5.41, 5.74) is 2.34. The third-order valence-corrected chi connectivity index (χ3v) is 5.29. The van der Waals surface area contributed by atoms with Gasteiger partial charge in [0.2, 0.25) is 0 Å². The molecular weight excluding hydrogens is 456 g/mol. The van der Waals surface area contributed by atoms with Crippen molar-refractivity contribution in [1.82, 2.24) is 5.32 Å². The van der Waals surface area contributed by atoms with Gasteiger partial charge in [0.1, 0.15) is 17.4 Å². The third-order valence-electron chi connectivity index (χ3n) is 4.70. The summed E-state index contributed by atoms with van der Waals surface area (Å²) >= 11 is 6.16. The Balaban J connectivity index is 1.95. The molecule has 8 heteroatoms. The van der Waals surface area contributed by atoms with Crippen molar-refractivity contribution in [3.8, 4) is 23.3 Å². The number of aryl methyl sites for hydroxylation is 2. The Hall–Kier alpha value is -3.76. The zero-order chi connectivity index (χ0) is 25.1. The first-order chi connectivity index (χ1) is 16.3. The van der Waals surface area contributed by atoms with Gasteiger partial charge < -0.3 is 19.5 Å². The van der Waals surface area contributed by atoms with Crippen molar-refractivity contribution in [2.24, 2.45) is 0 Å². The van der Waals surface area contributed by atoms with E-state index in [0.29, 0.717) is 35.1 Å². The highest BCUT2D eigenvalue weighted by Gasteiger charge is 2.13. The summed E-state index contributed by atoms with van der Waals surface area (Å²) in [4.78, 5) is 24.3. The minimum Gasteiger partial charge on any atom is -0.494 e. The number of hydrogen-bond acceptors (Lipinski definition) is 6. The minimum atomic E-state index is -0.511. The highest BCUT2D eigenvalue weighted by Crippen LogP contribution is 2.30. The van der Waals surface area contributed by atoms with E-state index in [2.05, 4.69) is 11.9 Å². The van der Waals surface area contributed by atoms with Crippen molar-refractivity contribution < 1.29 is 23.8 Å². The molecule has 7 nitrogen and oxygen atoms in total. The molecule has 178 valence electrons. The van der Waals surface area contributed by atoms with Gasteiger partial charge in [-0.2, -0.15) is 5.26 Å². The van der Waals surface area contributed by atoms with Crippen molar-refractivity contribution in [2.45, 2.75) is 26.7 Å². The number of esters is 1. The number of ether oxygens (including phenoxy) is 3. The van der Waals surface area contributed by atoms with E-state index < -0.39 is 11.9 Å². The molecule has 0 atom stereocenters. The molecule has 1 N–H and O–H groups in total. The van der Waals surface area contributed by atoms with E-state index >= 15 is 0 Å².